The first-order valence-corrected chi connectivity index (χ1v) is 8.24. The average molecular weight is 308 g/mol. The van der Waals surface area contributed by atoms with Gasteiger partial charge in [0.2, 0.25) is 10.0 Å². The molecule has 114 valence electrons. The van der Waals surface area contributed by atoms with Crippen LogP contribution in [0.3, 0.4) is 0 Å². The fourth-order valence-corrected chi connectivity index (χ4v) is 3.53. The third-order valence-corrected chi connectivity index (χ3v) is 5.04. The molecule has 0 fully saturated rings. The molecular formula is C15H20N2O3S. The maximum absolute atomic E-state index is 12.4. The Morgan fingerprint density at radius 3 is 2.67 bits per heavy atom. The van der Waals surface area contributed by atoms with Crippen LogP contribution in [0.15, 0.2) is 39.8 Å². The molecule has 21 heavy (non-hydrogen) atoms. The van der Waals surface area contributed by atoms with Gasteiger partial charge in [0, 0.05) is 19.5 Å². The summed E-state index contributed by atoms with van der Waals surface area (Å²) in [7, 11) is -3.55. The van der Waals surface area contributed by atoms with Crippen molar-refractivity contribution in [3.05, 3.63) is 53.0 Å². The monoisotopic (exact) mass is 308 g/mol. The molecule has 0 aliphatic rings. The zero-order valence-electron chi connectivity index (χ0n) is 12.2. The second-order valence-corrected chi connectivity index (χ2v) is 6.70. The van der Waals surface area contributed by atoms with Crippen LogP contribution in [-0.4, -0.2) is 15.0 Å². The van der Waals surface area contributed by atoms with Crippen LogP contribution < -0.4 is 10.5 Å². The Balaban J connectivity index is 2.17. The summed E-state index contributed by atoms with van der Waals surface area (Å²) in [4.78, 5) is 0.294. The maximum atomic E-state index is 12.4. The van der Waals surface area contributed by atoms with Crippen molar-refractivity contribution in [3.8, 4) is 0 Å². The number of nitrogens with one attached hydrogen (secondary N) is 1. The largest absolute Gasteiger partial charge is 0.469 e. The zero-order chi connectivity index (χ0) is 15.5. The van der Waals surface area contributed by atoms with Crippen molar-refractivity contribution < 1.29 is 12.8 Å². The van der Waals surface area contributed by atoms with Crippen molar-refractivity contribution >= 4 is 10.0 Å². The highest BCUT2D eigenvalue weighted by Gasteiger charge is 2.18. The van der Waals surface area contributed by atoms with Gasteiger partial charge in [-0.05, 0) is 48.7 Å². The molecule has 0 atom stereocenters. The summed E-state index contributed by atoms with van der Waals surface area (Å²) in [6.07, 6.45) is 2.09. The third-order valence-electron chi connectivity index (χ3n) is 3.45. The van der Waals surface area contributed by atoms with Crippen LogP contribution in [0.25, 0.3) is 0 Å². The van der Waals surface area contributed by atoms with Gasteiger partial charge in [-0.1, -0.05) is 6.07 Å². The van der Waals surface area contributed by atoms with E-state index in [1.165, 1.54) is 0 Å². The Kier molecular flexibility index (Phi) is 4.82. The minimum absolute atomic E-state index is 0.293. The van der Waals surface area contributed by atoms with E-state index in [9.17, 15) is 8.42 Å². The molecule has 0 aliphatic heterocycles. The average Bonchev–Trinajstić information content (AvgIpc) is 2.94. The van der Waals surface area contributed by atoms with Gasteiger partial charge in [0.15, 0.2) is 0 Å². The van der Waals surface area contributed by atoms with E-state index >= 15 is 0 Å². The highest BCUT2D eigenvalue weighted by molar-refractivity contribution is 7.89. The van der Waals surface area contributed by atoms with Gasteiger partial charge < -0.3 is 10.2 Å². The molecule has 0 amide bonds. The Morgan fingerprint density at radius 2 is 2.05 bits per heavy atom. The van der Waals surface area contributed by atoms with Gasteiger partial charge >= 0.3 is 0 Å². The lowest BCUT2D eigenvalue weighted by Gasteiger charge is -2.13. The molecule has 3 N–H and O–H groups in total. The van der Waals surface area contributed by atoms with Crippen molar-refractivity contribution in [2.24, 2.45) is 5.73 Å². The minimum Gasteiger partial charge on any atom is -0.469 e. The van der Waals surface area contributed by atoms with E-state index in [1.54, 1.807) is 25.3 Å². The second-order valence-electron chi connectivity index (χ2n) is 4.97. The Morgan fingerprint density at radius 1 is 1.29 bits per heavy atom. The lowest BCUT2D eigenvalue weighted by atomic mass is 10.1. The van der Waals surface area contributed by atoms with Crippen LogP contribution in [0.2, 0.25) is 0 Å². The van der Waals surface area contributed by atoms with Crippen molar-refractivity contribution in [1.82, 2.24) is 4.72 Å². The fraction of sp³-hybridized carbons (Fsp3) is 0.333. The quantitative estimate of drug-likeness (QED) is 0.853. The van der Waals surface area contributed by atoms with Crippen LogP contribution in [0, 0.1) is 13.8 Å². The van der Waals surface area contributed by atoms with Crippen molar-refractivity contribution in [3.63, 3.8) is 0 Å². The lowest BCUT2D eigenvalue weighted by molar-refractivity contribution is 0.506. The lowest BCUT2D eigenvalue weighted by Crippen LogP contribution is -2.27. The zero-order valence-corrected chi connectivity index (χ0v) is 13.0. The molecule has 0 saturated carbocycles. The Labute approximate surface area is 125 Å². The van der Waals surface area contributed by atoms with E-state index in [2.05, 4.69) is 4.72 Å². The molecule has 1 aromatic carbocycles. The van der Waals surface area contributed by atoms with Gasteiger partial charge in [-0.25, -0.2) is 13.1 Å². The Bertz CT molecular complexity index is 707. The molecule has 0 spiro atoms. The number of hydrogen-bond acceptors (Lipinski definition) is 4. The molecule has 0 bridgehead atoms. The summed E-state index contributed by atoms with van der Waals surface area (Å²) >= 11 is 0. The Hall–Kier alpha value is -1.63. The summed E-state index contributed by atoms with van der Waals surface area (Å²) < 4.78 is 32.6. The molecule has 1 heterocycles. The highest BCUT2D eigenvalue weighted by atomic mass is 32.2. The molecule has 6 heteroatoms. The fourth-order valence-electron chi connectivity index (χ4n) is 2.14. The molecule has 2 rings (SSSR count). The van der Waals surface area contributed by atoms with Crippen molar-refractivity contribution in [2.75, 3.05) is 6.54 Å². The van der Waals surface area contributed by atoms with Gasteiger partial charge in [-0.2, -0.15) is 0 Å². The van der Waals surface area contributed by atoms with Gasteiger partial charge in [-0.15, -0.1) is 0 Å². The van der Waals surface area contributed by atoms with E-state index in [-0.39, 0.29) is 0 Å². The molecule has 1 aromatic heterocycles. The third kappa shape index (κ3) is 3.72. The summed E-state index contributed by atoms with van der Waals surface area (Å²) in [5.41, 5.74) is 8.10. The van der Waals surface area contributed by atoms with Crippen LogP contribution in [0.5, 0.6) is 0 Å². The van der Waals surface area contributed by atoms with E-state index in [4.69, 9.17) is 10.2 Å². The van der Waals surface area contributed by atoms with Crippen molar-refractivity contribution in [1.29, 1.82) is 0 Å². The summed E-state index contributed by atoms with van der Waals surface area (Å²) in [6.45, 7) is 4.30. The first-order valence-electron chi connectivity index (χ1n) is 6.76. The number of hydrogen-bond donors (Lipinski definition) is 2. The highest BCUT2D eigenvalue weighted by Crippen LogP contribution is 2.21. The molecule has 0 unspecified atom stereocenters. The van der Waals surface area contributed by atoms with Crippen LogP contribution in [0.1, 0.15) is 22.5 Å². The molecule has 0 radical (unpaired) electrons. The number of nitrogens with two attached hydrogens (primary N) is 1. The smallest absolute Gasteiger partial charge is 0.240 e. The summed E-state index contributed by atoms with van der Waals surface area (Å²) in [5.74, 6) is 0.751. The topological polar surface area (TPSA) is 85.3 Å². The molecular weight excluding hydrogens is 288 g/mol. The van der Waals surface area contributed by atoms with E-state index in [0.717, 1.165) is 22.5 Å². The number of aryl methyl sites for hydroxylation is 1. The normalized spacial score (nSPS) is 11.8. The van der Waals surface area contributed by atoms with E-state index < -0.39 is 10.0 Å². The van der Waals surface area contributed by atoms with Crippen LogP contribution >= 0.6 is 0 Å². The van der Waals surface area contributed by atoms with Crippen molar-refractivity contribution in [2.45, 2.75) is 31.7 Å². The first kappa shape index (κ1) is 15.8. The molecule has 0 aliphatic carbocycles. The van der Waals surface area contributed by atoms with Crippen LogP contribution in [-0.2, 0) is 23.0 Å². The second kappa shape index (κ2) is 6.43. The van der Waals surface area contributed by atoms with E-state index in [1.807, 2.05) is 19.1 Å². The predicted molar refractivity (Wildman–Crippen MR) is 81.4 cm³/mol. The number of furan rings is 1. The number of rotatable bonds is 6. The van der Waals surface area contributed by atoms with Crippen LogP contribution in [0.4, 0.5) is 0 Å². The number of benzene rings is 1. The molecule has 5 nitrogen and oxygen atoms in total. The predicted octanol–water partition coefficient (Wildman–Crippen LogP) is 1.88. The summed E-state index contributed by atoms with van der Waals surface area (Å²) in [5, 5.41) is 0. The van der Waals surface area contributed by atoms with Gasteiger partial charge in [0.25, 0.3) is 0 Å². The molecule has 2 aromatic rings. The first-order chi connectivity index (χ1) is 9.94. The van der Waals surface area contributed by atoms with Gasteiger partial charge in [-0.3, -0.25) is 0 Å². The van der Waals surface area contributed by atoms with E-state index in [0.29, 0.717) is 24.4 Å². The van der Waals surface area contributed by atoms with Gasteiger partial charge in [0.05, 0.1) is 11.2 Å². The number of sulfonamides is 1. The summed E-state index contributed by atoms with van der Waals surface area (Å²) in [6, 6.07) is 7.15. The molecule has 0 saturated heterocycles. The SMILES string of the molecule is Cc1cc(CN)cc(S(=O)(=O)NCCc2ccco2)c1C. The maximum Gasteiger partial charge on any atom is 0.240 e. The minimum atomic E-state index is -3.55. The standard InChI is InChI=1S/C15H20N2O3S/c1-11-8-13(10-16)9-15(12(11)2)21(18,19)17-6-5-14-4-3-7-20-14/h3-4,7-9,17H,5-6,10,16H2,1-2H3. The van der Waals surface area contributed by atoms with Gasteiger partial charge in [0.1, 0.15) is 5.76 Å².